The van der Waals surface area contributed by atoms with Crippen LogP contribution in [-0.4, -0.2) is 27.8 Å². The van der Waals surface area contributed by atoms with Crippen molar-refractivity contribution in [3.63, 3.8) is 0 Å². The summed E-state index contributed by atoms with van der Waals surface area (Å²) in [5.41, 5.74) is 5.83. The van der Waals surface area contributed by atoms with E-state index in [9.17, 15) is 10.2 Å². The van der Waals surface area contributed by atoms with Gasteiger partial charge in [-0.3, -0.25) is 0 Å². The van der Waals surface area contributed by atoms with E-state index in [0.717, 1.165) is 0 Å². The first-order chi connectivity index (χ1) is 6.69. The summed E-state index contributed by atoms with van der Waals surface area (Å²) in [5, 5.41) is 27.4. The molecule has 1 aromatic heterocycles. The molecule has 0 amide bonds. The number of aliphatic hydroxyl groups is 2. The van der Waals surface area contributed by atoms with E-state index in [0.29, 0.717) is 5.56 Å². The third-order valence-electron chi connectivity index (χ3n) is 1.85. The molecule has 74 valence electrons. The summed E-state index contributed by atoms with van der Waals surface area (Å²) in [4.78, 5) is 3.74. The topological polar surface area (TPSA) is 103 Å². The summed E-state index contributed by atoms with van der Waals surface area (Å²) in [6.45, 7) is -0.0363. The van der Waals surface area contributed by atoms with Gasteiger partial charge in [-0.05, 0) is 17.7 Å². The van der Waals surface area contributed by atoms with Crippen LogP contribution in [0.1, 0.15) is 17.4 Å². The van der Waals surface area contributed by atoms with Crippen LogP contribution in [-0.2, 0) is 0 Å². The highest BCUT2D eigenvalue weighted by Gasteiger charge is 2.16. The van der Waals surface area contributed by atoms with Crippen LogP contribution in [0.4, 0.5) is 0 Å². The van der Waals surface area contributed by atoms with Crippen molar-refractivity contribution >= 4 is 0 Å². The molecule has 1 rings (SSSR count). The molecule has 4 N–H and O–H groups in total. The lowest BCUT2D eigenvalue weighted by atomic mass is 10.1. The second-order valence-electron chi connectivity index (χ2n) is 2.83. The van der Waals surface area contributed by atoms with E-state index in [4.69, 9.17) is 11.0 Å². The number of hydrogen-bond donors (Lipinski definition) is 3. The maximum atomic E-state index is 9.54. The third-order valence-corrected chi connectivity index (χ3v) is 1.85. The van der Waals surface area contributed by atoms with Crippen LogP contribution in [0.5, 0.6) is 0 Å². The molecule has 2 atom stereocenters. The van der Waals surface area contributed by atoms with Crippen LogP contribution in [0, 0.1) is 11.3 Å². The van der Waals surface area contributed by atoms with Crippen LogP contribution < -0.4 is 5.73 Å². The highest BCUT2D eigenvalue weighted by Crippen LogP contribution is 2.16. The number of hydrogen-bond acceptors (Lipinski definition) is 5. The van der Waals surface area contributed by atoms with Crippen LogP contribution in [0.25, 0.3) is 0 Å². The van der Waals surface area contributed by atoms with Crippen molar-refractivity contribution in [1.82, 2.24) is 4.98 Å². The number of nitrogens with two attached hydrogens (primary N) is 1. The summed E-state index contributed by atoms with van der Waals surface area (Å²) in [6, 6.07) is 4.80. The summed E-state index contributed by atoms with van der Waals surface area (Å²) in [6.07, 6.45) is -0.695. The second kappa shape index (κ2) is 4.67. The first-order valence-electron chi connectivity index (χ1n) is 4.11. The van der Waals surface area contributed by atoms with Crippen LogP contribution >= 0.6 is 0 Å². The summed E-state index contributed by atoms with van der Waals surface area (Å²) in [7, 11) is 0. The molecule has 5 nitrogen and oxygen atoms in total. The number of nitrogens with zero attached hydrogens (tertiary/aromatic N) is 2. The lowest BCUT2D eigenvalue weighted by molar-refractivity contribution is 0.0243. The van der Waals surface area contributed by atoms with Gasteiger partial charge in [-0.15, -0.1) is 0 Å². The Morgan fingerprint density at radius 3 is 2.86 bits per heavy atom. The minimum atomic E-state index is -1.07. The molecule has 0 fully saturated rings. The molecule has 0 aliphatic rings. The number of aliphatic hydroxyl groups excluding tert-OH is 2. The van der Waals surface area contributed by atoms with Gasteiger partial charge >= 0.3 is 0 Å². The predicted octanol–water partition coefficient (Wildman–Crippen LogP) is -0.694. The first kappa shape index (κ1) is 10.6. The van der Waals surface area contributed by atoms with E-state index in [2.05, 4.69) is 4.98 Å². The SMILES string of the molecule is N#Cc1cc(C(O)C(O)CN)ccn1. The number of pyridine rings is 1. The van der Waals surface area contributed by atoms with Gasteiger partial charge in [0.1, 0.15) is 17.9 Å². The molecule has 0 bridgehead atoms. The molecule has 0 radical (unpaired) electrons. The minimum absolute atomic E-state index is 0.0363. The van der Waals surface area contributed by atoms with E-state index in [1.807, 2.05) is 6.07 Å². The lowest BCUT2D eigenvalue weighted by Gasteiger charge is -2.15. The monoisotopic (exact) mass is 193 g/mol. The van der Waals surface area contributed by atoms with E-state index >= 15 is 0 Å². The fourth-order valence-electron chi connectivity index (χ4n) is 1.04. The van der Waals surface area contributed by atoms with E-state index in [-0.39, 0.29) is 12.2 Å². The number of nitriles is 1. The predicted molar refractivity (Wildman–Crippen MR) is 49.0 cm³/mol. The van der Waals surface area contributed by atoms with Gasteiger partial charge in [0.15, 0.2) is 0 Å². The molecule has 0 saturated carbocycles. The van der Waals surface area contributed by atoms with E-state index in [1.165, 1.54) is 18.3 Å². The summed E-state index contributed by atoms with van der Waals surface area (Å²) >= 11 is 0. The quantitative estimate of drug-likeness (QED) is 0.589. The first-order valence-corrected chi connectivity index (χ1v) is 4.11. The maximum absolute atomic E-state index is 9.54. The smallest absolute Gasteiger partial charge is 0.140 e. The van der Waals surface area contributed by atoms with Crippen LogP contribution in [0.2, 0.25) is 0 Å². The second-order valence-corrected chi connectivity index (χ2v) is 2.83. The molecule has 2 unspecified atom stereocenters. The van der Waals surface area contributed by atoms with Gasteiger partial charge < -0.3 is 15.9 Å². The summed E-state index contributed by atoms with van der Waals surface area (Å²) in [5.74, 6) is 0. The Labute approximate surface area is 81.4 Å². The minimum Gasteiger partial charge on any atom is -0.389 e. The van der Waals surface area contributed by atoms with E-state index < -0.39 is 12.2 Å². The van der Waals surface area contributed by atoms with Crippen LogP contribution in [0.15, 0.2) is 18.3 Å². The molecule has 0 aliphatic heterocycles. The molecule has 0 spiro atoms. The largest absolute Gasteiger partial charge is 0.389 e. The maximum Gasteiger partial charge on any atom is 0.140 e. The Hall–Kier alpha value is -1.48. The van der Waals surface area contributed by atoms with E-state index in [1.54, 1.807) is 0 Å². The molecular formula is C9H11N3O2. The Morgan fingerprint density at radius 2 is 2.29 bits per heavy atom. The molecule has 0 aliphatic carbocycles. The highest BCUT2D eigenvalue weighted by atomic mass is 16.3. The van der Waals surface area contributed by atoms with Crippen molar-refractivity contribution in [3.8, 4) is 6.07 Å². The molecular weight excluding hydrogens is 182 g/mol. The fourth-order valence-corrected chi connectivity index (χ4v) is 1.04. The van der Waals surface area contributed by atoms with Gasteiger partial charge in [-0.25, -0.2) is 4.98 Å². The molecule has 1 heterocycles. The Balaban J connectivity index is 2.91. The number of aromatic nitrogens is 1. The van der Waals surface area contributed by atoms with Gasteiger partial charge in [0.05, 0.1) is 6.10 Å². The lowest BCUT2D eigenvalue weighted by Crippen LogP contribution is -2.27. The van der Waals surface area contributed by atoms with Gasteiger partial charge in [-0.1, -0.05) is 0 Å². The van der Waals surface area contributed by atoms with Gasteiger partial charge in [-0.2, -0.15) is 5.26 Å². The van der Waals surface area contributed by atoms with Crippen molar-refractivity contribution in [2.75, 3.05) is 6.54 Å². The van der Waals surface area contributed by atoms with Gasteiger partial charge in [0.2, 0.25) is 0 Å². The van der Waals surface area contributed by atoms with Gasteiger partial charge in [0.25, 0.3) is 0 Å². The highest BCUT2D eigenvalue weighted by molar-refractivity contribution is 5.27. The average molecular weight is 193 g/mol. The van der Waals surface area contributed by atoms with Crippen molar-refractivity contribution < 1.29 is 10.2 Å². The molecule has 0 saturated heterocycles. The zero-order valence-electron chi connectivity index (χ0n) is 7.46. The van der Waals surface area contributed by atoms with Crippen molar-refractivity contribution in [1.29, 1.82) is 5.26 Å². The fraction of sp³-hybridized carbons (Fsp3) is 0.333. The standard InChI is InChI=1S/C9H11N3O2/c10-4-7-3-6(1-2-12-7)9(14)8(13)5-11/h1-3,8-9,13-14H,5,11H2. The zero-order chi connectivity index (χ0) is 10.6. The Morgan fingerprint density at radius 1 is 1.57 bits per heavy atom. The Kier molecular flexibility index (Phi) is 3.54. The van der Waals surface area contributed by atoms with Crippen LogP contribution in [0.3, 0.4) is 0 Å². The Bertz CT molecular complexity index is 348. The van der Waals surface area contributed by atoms with Gasteiger partial charge in [0, 0.05) is 12.7 Å². The summed E-state index contributed by atoms with van der Waals surface area (Å²) < 4.78 is 0. The molecule has 1 aromatic rings. The van der Waals surface area contributed by atoms with Crippen molar-refractivity contribution in [2.45, 2.75) is 12.2 Å². The number of rotatable bonds is 3. The average Bonchev–Trinajstić information content (AvgIpc) is 2.27. The zero-order valence-corrected chi connectivity index (χ0v) is 7.46. The molecule has 14 heavy (non-hydrogen) atoms. The third kappa shape index (κ3) is 2.26. The molecule has 5 heteroatoms. The van der Waals surface area contributed by atoms with Crippen molar-refractivity contribution in [3.05, 3.63) is 29.6 Å². The van der Waals surface area contributed by atoms with Crippen molar-refractivity contribution in [2.24, 2.45) is 5.73 Å². The molecule has 0 aromatic carbocycles. The normalized spacial score (nSPS) is 14.4.